The Balaban J connectivity index is 2.38. The topological polar surface area (TPSA) is 40.5 Å². The van der Waals surface area contributed by atoms with Gasteiger partial charge in [0.1, 0.15) is 11.5 Å². The third-order valence-electron chi connectivity index (χ3n) is 4.80. The minimum atomic E-state index is 0.144. The summed E-state index contributed by atoms with van der Waals surface area (Å²) in [7, 11) is 0. The zero-order chi connectivity index (χ0) is 14.6. The minimum Gasteiger partial charge on any atom is -0.507 e. The smallest absolute Gasteiger partial charge is 0.124 e. The molecule has 0 heterocycles. The first-order valence-corrected chi connectivity index (χ1v) is 7.41. The number of hydrogen-bond acceptors (Lipinski definition) is 2. The third kappa shape index (κ3) is 1.64. The number of phenolic OH excluding ortho intramolecular Hbond substituents is 2. The summed E-state index contributed by atoms with van der Waals surface area (Å²) in [5, 5.41) is 21.6. The third-order valence-corrected chi connectivity index (χ3v) is 4.80. The van der Waals surface area contributed by atoms with Crippen LogP contribution in [0.3, 0.4) is 0 Å². The van der Waals surface area contributed by atoms with Crippen molar-refractivity contribution < 1.29 is 10.2 Å². The SMILES string of the molecule is CC1C=CC(C)c2c(O)c3c(c(O)c21)C(C)C=CC3C. The second kappa shape index (κ2) is 4.41. The maximum atomic E-state index is 10.8. The highest BCUT2D eigenvalue weighted by molar-refractivity contribution is 5.66. The second-order valence-corrected chi connectivity index (χ2v) is 6.28. The number of allylic oxidation sites excluding steroid dienone is 4. The van der Waals surface area contributed by atoms with Crippen LogP contribution in [-0.4, -0.2) is 10.2 Å². The highest BCUT2D eigenvalue weighted by atomic mass is 16.3. The van der Waals surface area contributed by atoms with E-state index in [-0.39, 0.29) is 23.7 Å². The molecule has 1 aromatic carbocycles. The number of aromatic hydroxyl groups is 2. The molecule has 0 amide bonds. The Kier molecular flexibility index (Phi) is 2.93. The number of benzene rings is 1. The summed E-state index contributed by atoms with van der Waals surface area (Å²) in [5.41, 5.74) is 3.63. The summed E-state index contributed by atoms with van der Waals surface area (Å²) in [5.74, 6) is 1.36. The van der Waals surface area contributed by atoms with Crippen molar-refractivity contribution in [2.24, 2.45) is 0 Å². The average Bonchev–Trinajstić information content (AvgIpc) is 2.41. The fourth-order valence-corrected chi connectivity index (χ4v) is 3.70. The normalized spacial score (nSPS) is 31.0. The van der Waals surface area contributed by atoms with Crippen LogP contribution in [0.5, 0.6) is 11.5 Å². The van der Waals surface area contributed by atoms with Gasteiger partial charge in [0.25, 0.3) is 0 Å². The molecule has 0 saturated carbocycles. The number of phenols is 2. The van der Waals surface area contributed by atoms with E-state index in [9.17, 15) is 10.2 Å². The summed E-state index contributed by atoms with van der Waals surface area (Å²) < 4.78 is 0. The van der Waals surface area contributed by atoms with Gasteiger partial charge in [-0.3, -0.25) is 0 Å². The van der Waals surface area contributed by atoms with Gasteiger partial charge in [0.15, 0.2) is 0 Å². The first-order chi connectivity index (χ1) is 9.43. The summed E-state index contributed by atoms with van der Waals surface area (Å²) >= 11 is 0. The lowest BCUT2D eigenvalue weighted by molar-refractivity contribution is 0.427. The molecule has 0 radical (unpaired) electrons. The van der Waals surface area contributed by atoms with E-state index in [0.717, 1.165) is 22.3 Å². The van der Waals surface area contributed by atoms with Crippen molar-refractivity contribution in [3.63, 3.8) is 0 Å². The molecule has 3 rings (SSSR count). The molecule has 1 aromatic rings. The first-order valence-electron chi connectivity index (χ1n) is 7.41. The summed E-state index contributed by atoms with van der Waals surface area (Å²) in [4.78, 5) is 0. The van der Waals surface area contributed by atoms with Crippen LogP contribution in [0.15, 0.2) is 24.3 Å². The maximum Gasteiger partial charge on any atom is 0.124 e. The molecule has 0 bridgehead atoms. The van der Waals surface area contributed by atoms with E-state index in [1.165, 1.54) is 0 Å². The molecule has 0 saturated heterocycles. The maximum absolute atomic E-state index is 10.8. The molecule has 4 atom stereocenters. The van der Waals surface area contributed by atoms with Crippen LogP contribution in [0.25, 0.3) is 0 Å². The predicted molar refractivity (Wildman–Crippen MR) is 81.7 cm³/mol. The largest absolute Gasteiger partial charge is 0.507 e. The van der Waals surface area contributed by atoms with Gasteiger partial charge in [-0.15, -0.1) is 0 Å². The molecule has 2 heteroatoms. The van der Waals surface area contributed by atoms with Crippen molar-refractivity contribution in [2.45, 2.75) is 51.4 Å². The molecule has 0 spiro atoms. The monoisotopic (exact) mass is 270 g/mol. The van der Waals surface area contributed by atoms with Crippen molar-refractivity contribution in [1.82, 2.24) is 0 Å². The Hall–Kier alpha value is -1.70. The molecule has 106 valence electrons. The number of hydrogen-bond donors (Lipinski definition) is 2. The van der Waals surface area contributed by atoms with Gasteiger partial charge >= 0.3 is 0 Å². The molecular formula is C18H22O2. The van der Waals surface area contributed by atoms with Crippen LogP contribution in [0.1, 0.15) is 73.6 Å². The van der Waals surface area contributed by atoms with Gasteiger partial charge in [0.2, 0.25) is 0 Å². The lowest BCUT2D eigenvalue weighted by Crippen LogP contribution is -2.14. The molecule has 2 nitrogen and oxygen atoms in total. The molecule has 2 aliphatic carbocycles. The summed E-state index contributed by atoms with van der Waals surface area (Å²) in [6.07, 6.45) is 8.47. The van der Waals surface area contributed by atoms with Gasteiger partial charge in [-0.2, -0.15) is 0 Å². The van der Waals surface area contributed by atoms with E-state index in [0.29, 0.717) is 11.5 Å². The first kappa shape index (κ1) is 13.3. The molecule has 0 fully saturated rings. The molecule has 0 aliphatic heterocycles. The van der Waals surface area contributed by atoms with Gasteiger partial charge in [0.05, 0.1) is 0 Å². The van der Waals surface area contributed by atoms with E-state index in [2.05, 4.69) is 52.0 Å². The van der Waals surface area contributed by atoms with Gasteiger partial charge < -0.3 is 10.2 Å². The summed E-state index contributed by atoms with van der Waals surface area (Å²) in [6, 6.07) is 0. The Bertz CT molecular complexity index is 521. The lowest BCUT2D eigenvalue weighted by Gasteiger charge is -2.32. The van der Waals surface area contributed by atoms with E-state index >= 15 is 0 Å². The second-order valence-electron chi connectivity index (χ2n) is 6.28. The molecule has 20 heavy (non-hydrogen) atoms. The van der Waals surface area contributed by atoms with E-state index < -0.39 is 0 Å². The molecule has 2 N–H and O–H groups in total. The van der Waals surface area contributed by atoms with Crippen LogP contribution in [0.4, 0.5) is 0 Å². The Morgan fingerprint density at radius 2 is 0.750 bits per heavy atom. The van der Waals surface area contributed by atoms with Crippen molar-refractivity contribution in [2.75, 3.05) is 0 Å². The van der Waals surface area contributed by atoms with Gasteiger partial charge in [0, 0.05) is 45.9 Å². The van der Waals surface area contributed by atoms with Crippen LogP contribution >= 0.6 is 0 Å². The molecule has 4 unspecified atom stereocenters. The lowest BCUT2D eigenvalue weighted by atomic mass is 9.73. The van der Waals surface area contributed by atoms with E-state index in [4.69, 9.17) is 0 Å². The highest BCUT2D eigenvalue weighted by Gasteiger charge is 2.33. The number of fused-ring (bicyclic) bond motifs is 2. The van der Waals surface area contributed by atoms with Crippen LogP contribution in [0, 0.1) is 0 Å². The predicted octanol–water partition coefficient (Wildman–Crippen LogP) is 4.65. The van der Waals surface area contributed by atoms with Gasteiger partial charge in [-0.25, -0.2) is 0 Å². The van der Waals surface area contributed by atoms with Crippen LogP contribution < -0.4 is 0 Å². The molecular weight excluding hydrogens is 248 g/mol. The van der Waals surface area contributed by atoms with Crippen LogP contribution in [0.2, 0.25) is 0 Å². The van der Waals surface area contributed by atoms with Crippen LogP contribution in [-0.2, 0) is 0 Å². The Labute approximate surface area is 120 Å². The highest BCUT2D eigenvalue weighted by Crippen LogP contribution is 2.53. The molecule has 2 aliphatic rings. The van der Waals surface area contributed by atoms with Crippen molar-refractivity contribution in [1.29, 1.82) is 0 Å². The summed E-state index contributed by atoms with van der Waals surface area (Å²) in [6.45, 7) is 8.28. The number of rotatable bonds is 0. The Morgan fingerprint density at radius 1 is 0.550 bits per heavy atom. The zero-order valence-electron chi connectivity index (χ0n) is 12.5. The van der Waals surface area contributed by atoms with E-state index in [1.807, 2.05) is 0 Å². The van der Waals surface area contributed by atoms with Gasteiger partial charge in [-0.1, -0.05) is 52.0 Å². The van der Waals surface area contributed by atoms with Crippen molar-refractivity contribution in [3.05, 3.63) is 46.6 Å². The van der Waals surface area contributed by atoms with Crippen molar-refractivity contribution >= 4 is 0 Å². The van der Waals surface area contributed by atoms with Gasteiger partial charge in [-0.05, 0) is 0 Å². The minimum absolute atomic E-state index is 0.144. The molecule has 0 aromatic heterocycles. The van der Waals surface area contributed by atoms with Crippen molar-refractivity contribution in [3.8, 4) is 11.5 Å². The fourth-order valence-electron chi connectivity index (χ4n) is 3.70. The van der Waals surface area contributed by atoms with E-state index in [1.54, 1.807) is 0 Å². The quantitative estimate of drug-likeness (QED) is 0.532. The standard InChI is InChI=1S/C18H22O2/c1-9-5-6-10(2)14-13(9)17(19)15-11(3)7-8-12(4)16(15)18(14)20/h5-12,19-20H,1-4H3. The zero-order valence-corrected chi connectivity index (χ0v) is 12.5. The Morgan fingerprint density at radius 3 is 0.950 bits per heavy atom. The average molecular weight is 270 g/mol. The fraction of sp³-hybridized carbons (Fsp3) is 0.444.